The van der Waals surface area contributed by atoms with E-state index in [1.165, 1.54) is 12.3 Å². The number of rotatable bonds is 3. The lowest BCUT2D eigenvalue weighted by Crippen LogP contribution is -2.23. The maximum atomic E-state index is 11.3. The van der Waals surface area contributed by atoms with Gasteiger partial charge in [0.05, 0.1) is 17.7 Å². The molecule has 2 N–H and O–H groups in total. The van der Waals surface area contributed by atoms with E-state index in [0.717, 1.165) is 0 Å². The number of aromatic nitrogens is 2. The summed E-state index contributed by atoms with van der Waals surface area (Å²) in [5.74, 6) is -0.888. The van der Waals surface area contributed by atoms with Crippen molar-refractivity contribution in [3.63, 3.8) is 0 Å². The van der Waals surface area contributed by atoms with Gasteiger partial charge in [-0.05, 0) is 12.5 Å². The minimum Gasteiger partial charge on any atom is -0.478 e. The Morgan fingerprint density at radius 1 is 1.53 bits per heavy atom. The number of sulfone groups is 1. The zero-order valence-electron chi connectivity index (χ0n) is 8.83. The van der Waals surface area contributed by atoms with Gasteiger partial charge in [-0.25, -0.2) is 13.2 Å². The smallest absolute Gasteiger partial charge is 0.339 e. The van der Waals surface area contributed by atoms with Gasteiger partial charge in [-0.3, -0.25) is 0 Å². The third kappa shape index (κ3) is 2.70. The predicted molar refractivity (Wildman–Crippen MR) is 59.7 cm³/mol. The predicted octanol–water partition coefficient (Wildman–Crippen LogP) is -0.226. The quantitative estimate of drug-likeness (QED) is 0.769. The lowest BCUT2D eigenvalue weighted by molar-refractivity contribution is 0.0697. The standard InChI is InChI=1S/C9H11N3O4S/c13-9(14)7-1-3-10-12-8(7)11-6-2-4-17(15,16)5-6/h1,3,6H,2,4-5H2,(H,11,12)(H,13,14). The Morgan fingerprint density at radius 2 is 2.29 bits per heavy atom. The van der Waals surface area contributed by atoms with Crippen molar-refractivity contribution >= 4 is 21.6 Å². The van der Waals surface area contributed by atoms with E-state index >= 15 is 0 Å². The fraction of sp³-hybridized carbons (Fsp3) is 0.444. The number of nitrogens with zero attached hydrogens (tertiary/aromatic N) is 2. The van der Waals surface area contributed by atoms with Crippen LogP contribution in [0.5, 0.6) is 0 Å². The van der Waals surface area contributed by atoms with E-state index in [1.54, 1.807) is 0 Å². The summed E-state index contributed by atoms with van der Waals surface area (Å²) in [5.41, 5.74) is -0.00991. The SMILES string of the molecule is O=C(O)c1ccnnc1NC1CCS(=O)(=O)C1. The van der Waals surface area contributed by atoms with Gasteiger partial charge in [-0.15, -0.1) is 5.10 Å². The van der Waals surface area contributed by atoms with Crippen LogP contribution in [0.1, 0.15) is 16.8 Å². The maximum absolute atomic E-state index is 11.3. The highest BCUT2D eigenvalue weighted by Crippen LogP contribution is 2.18. The average molecular weight is 257 g/mol. The second-order valence-corrected chi connectivity index (χ2v) is 6.07. The molecule has 0 radical (unpaired) electrons. The van der Waals surface area contributed by atoms with Crippen LogP contribution >= 0.6 is 0 Å². The van der Waals surface area contributed by atoms with Gasteiger partial charge < -0.3 is 10.4 Å². The van der Waals surface area contributed by atoms with Gasteiger partial charge in [0.1, 0.15) is 5.56 Å². The van der Waals surface area contributed by atoms with Crippen molar-refractivity contribution < 1.29 is 18.3 Å². The molecule has 1 fully saturated rings. The van der Waals surface area contributed by atoms with Crippen LogP contribution < -0.4 is 5.32 Å². The number of hydrogen-bond donors (Lipinski definition) is 2. The Kier molecular flexibility index (Phi) is 2.97. The molecule has 1 aromatic rings. The zero-order valence-corrected chi connectivity index (χ0v) is 9.64. The van der Waals surface area contributed by atoms with Crippen molar-refractivity contribution in [2.24, 2.45) is 0 Å². The third-order valence-electron chi connectivity index (χ3n) is 2.52. The molecule has 1 aliphatic heterocycles. The first-order valence-electron chi connectivity index (χ1n) is 5.00. The summed E-state index contributed by atoms with van der Waals surface area (Å²) < 4.78 is 22.5. The molecule has 2 rings (SSSR count). The van der Waals surface area contributed by atoms with Crippen LogP contribution in [0.15, 0.2) is 12.3 Å². The molecule has 1 aromatic heterocycles. The van der Waals surface area contributed by atoms with E-state index in [4.69, 9.17) is 5.11 Å². The lowest BCUT2D eigenvalue weighted by atomic mass is 10.2. The van der Waals surface area contributed by atoms with Crippen LogP contribution in [0.25, 0.3) is 0 Å². The topological polar surface area (TPSA) is 109 Å². The number of carbonyl (C=O) groups is 1. The number of aromatic carboxylic acids is 1. The molecule has 17 heavy (non-hydrogen) atoms. The molecule has 8 heteroatoms. The van der Waals surface area contributed by atoms with Crippen molar-refractivity contribution in [1.82, 2.24) is 10.2 Å². The highest BCUT2D eigenvalue weighted by atomic mass is 32.2. The summed E-state index contributed by atoms with van der Waals surface area (Å²) in [7, 11) is -3.01. The first kappa shape index (κ1) is 11.8. The number of carboxylic acids is 1. The molecule has 2 heterocycles. The highest BCUT2D eigenvalue weighted by Gasteiger charge is 2.29. The molecule has 1 saturated heterocycles. The van der Waals surface area contributed by atoms with Crippen LogP contribution in [0.4, 0.5) is 5.82 Å². The Balaban J connectivity index is 2.17. The Bertz CT molecular complexity index is 543. The molecule has 1 aliphatic rings. The molecular formula is C9H11N3O4S. The highest BCUT2D eigenvalue weighted by molar-refractivity contribution is 7.91. The number of nitrogens with one attached hydrogen (secondary N) is 1. The minimum atomic E-state index is -3.01. The van der Waals surface area contributed by atoms with E-state index in [2.05, 4.69) is 15.5 Å². The molecule has 0 aromatic carbocycles. The van der Waals surface area contributed by atoms with Gasteiger partial charge in [0, 0.05) is 6.04 Å². The van der Waals surface area contributed by atoms with E-state index in [9.17, 15) is 13.2 Å². The summed E-state index contributed by atoms with van der Waals surface area (Å²) in [6.07, 6.45) is 1.73. The largest absolute Gasteiger partial charge is 0.478 e. The van der Waals surface area contributed by atoms with E-state index in [0.29, 0.717) is 6.42 Å². The molecular weight excluding hydrogens is 246 g/mol. The van der Waals surface area contributed by atoms with Gasteiger partial charge in [0.25, 0.3) is 0 Å². The van der Waals surface area contributed by atoms with E-state index in [-0.39, 0.29) is 28.9 Å². The first-order valence-corrected chi connectivity index (χ1v) is 6.82. The van der Waals surface area contributed by atoms with Crippen molar-refractivity contribution in [2.75, 3.05) is 16.8 Å². The van der Waals surface area contributed by atoms with Gasteiger partial charge in [0.15, 0.2) is 15.7 Å². The summed E-state index contributed by atoms with van der Waals surface area (Å²) in [6.45, 7) is 0. The van der Waals surface area contributed by atoms with Crippen molar-refractivity contribution in [1.29, 1.82) is 0 Å². The summed E-state index contributed by atoms with van der Waals surface area (Å²) in [6, 6.07) is 1.02. The monoisotopic (exact) mass is 257 g/mol. The molecule has 1 unspecified atom stereocenters. The Morgan fingerprint density at radius 3 is 2.88 bits per heavy atom. The number of carboxylic acid groups (broad SMARTS) is 1. The first-order chi connectivity index (χ1) is 7.98. The second-order valence-electron chi connectivity index (χ2n) is 3.84. The van der Waals surface area contributed by atoms with Gasteiger partial charge in [-0.1, -0.05) is 0 Å². The molecule has 0 aliphatic carbocycles. The molecule has 0 spiro atoms. The molecule has 0 amide bonds. The molecule has 92 valence electrons. The third-order valence-corrected chi connectivity index (χ3v) is 4.29. The number of anilines is 1. The number of hydrogen-bond acceptors (Lipinski definition) is 6. The fourth-order valence-corrected chi connectivity index (χ4v) is 3.39. The van der Waals surface area contributed by atoms with Gasteiger partial charge >= 0.3 is 5.97 Å². The van der Waals surface area contributed by atoms with Crippen molar-refractivity contribution in [2.45, 2.75) is 12.5 Å². The van der Waals surface area contributed by atoms with Crippen LogP contribution in [-0.2, 0) is 9.84 Å². The summed E-state index contributed by atoms with van der Waals surface area (Å²) in [5, 5.41) is 19.0. The van der Waals surface area contributed by atoms with Gasteiger partial charge in [-0.2, -0.15) is 5.10 Å². The second kappa shape index (κ2) is 4.28. The Hall–Kier alpha value is -1.70. The molecule has 7 nitrogen and oxygen atoms in total. The summed E-state index contributed by atoms with van der Waals surface area (Å²) >= 11 is 0. The van der Waals surface area contributed by atoms with Crippen LogP contribution in [0.3, 0.4) is 0 Å². The zero-order chi connectivity index (χ0) is 12.5. The van der Waals surface area contributed by atoms with E-state index < -0.39 is 15.8 Å². The fourth-order valence-electron chi connectivity index (χ4n) is 1.71. The van der Waals surface area contributed by atoms with Crippen LogP contribution in [0.2, 0.25) is 0 Å². The van der Waals surface area contributed by atoms with Crippen molar-refractivity contribution in [3.8, 4) is 0 Å². The van der Waals surface area contributed by atoms with Crippen molar-refractivity contribution in [3.05, 3.63) is 17.8 Å². The summed E-state index contributed by atoms with van der Waals surface area (Å²) in [4.78, 5) is 10.9. The van der Waals surface area contributed by atoms with Crippen LogP contribution in [0, 0.1) is 0 Å². The normalized spacial score (nSPS) is 22.2. The molecule has 1 atom stereocenters. The average Bonchev–Trinajstić information content (AvgIpc) is 2.58. The van der Waals surface area contributed by atoms with E-state index in [1.807, 2.05) is 0 Å². The van der Waals surface area contributed by atoms with Gasteiger partial charge in [0.2, 0.25) is 0 Å². The molecule has 0 saturated carbocycles. The lowest BCUT2D eigenvalue weighted by Gasteiger charge is -2.12. The maximum Gasteiger partial charge on any atom is 0.339 e. The molecule has 0 bridgehead atoms. The Labute approximate surface area is 97.8 Å². The minimum absolute atomic E-state index is 0.00261. The van der Waals surface area contributed by atoms with Crippen LogP contribution in [-0.4, -0.2) is 47.2 Å².